The summed E-state index contributed by atoms with van der Waals surface area (Å²) in [6, 6.07) is -4.15. The Hall–Kier alpha value is -7.18. The van der Waals surface area contributed by atoms with E-state index in [1.807, 2.05) is 0 Å². The van der Waals surface area contributed by atoms with Crippen molar-refractivity contribution in [1.82, 2.24) is 47.4 Å². The second kappa shape index (κ2) is 35.2. The number of ether oxygens (including phenoxy) is 2. The summed E-state index contributed by atoms with van der Waals surface area (Å²) in [5.41, 5.74) is 33.8. The van der Waals surface area contributed by atoms with Crippen molar-refractivity contribution in [3.8, 4) is 11.5 Å². The van der Waals surface area contributed by atoms with E-state index in [9.17, 15) is 53.4 Å². The molecule has 1 saturated heterocycles. The van der Waals surface area contributed by atoms with Crippen LogP contribution in [0.3, 0.4) is 0 Å². The average Bonchev–Trinajstić information content (AvgIpc) is 3.90. The number of nitrogens with one attached hydrogen (secondary N) is 9. The first-order valence-electron chi connectivity index (χ1n) is 25.5. The van der Waals surface area contributed by atoms with Crippen LogP contribution in [0.1, 0.15) is 83.1 Å². The highest BCUT2D eigenvalue weighted by Crippen LogP contribution is 2.28. The third kappa shape index (κ3) is 22.9. The number of carboxylic acid groups (broad SMARTS) is 1. The lowest BCUT2D eigenvalue weighted by molar-refractivity contribution is -0.142. The summed E-state index contributed by atoms with van der Waals surface area (Å²) < 4.78 is 10.8. The molecule has 0 radical (unpaired) electrons. The number of benzene rings is 1. The number of carbonyl (C=O) groups excluding carboxylic acids is 8. The number of hydrogen-bond donors (Lipinski definition) is 17. The molecule has 432 valence electrons. The van der Waals surface area contributed by atoms with E-state index in [1.165, 1.54) is 32.1 Å². The highest BCUT2D eigenvalue weighted by molar-refractivity contribution is 5.99. The normalized spacial score (nSPS) is 15.9. The second-order valence-corrected chi connectivity index (χ2v) is 18.2. The first kappa shape index (κ1) is 65.9. The van der Waals surface area contributed by atoms with Gasteiger partial charge >= 0.3 is 5.97 Å². The number of unbranched alkanes of at least 4 members (excludes halogenated alkanes) is 2. The lowest BCUT2D eigenvalue weighted by atomic mass is 10.0. The van der Waals surface area contributed by atoms with Crippen molar-refractivity contribution in [2.24, 2.45) is 34.4 Å². The number of likely N-dealkylation sites (tertiary alicyclic amines) is 1. The zero-order valence-corrected chi connectivity index (χ0v) is 44.2. The number of aliphatic hydroxyl groups excluding tert-OH is 1. The number of aliphatic carboxylic acids is 1. The molecule has 0 aromatic heterocycles. The lowest BCUT2D eigenvalue weighted by Gasteiger charge is -2.30. The summed E-state index contributed by atoms with van der Waals surface area (Å²) in [4.78, 5) is 122. The smallest absolute Gasteiger partial charge is 0.352 e. The number of hydrogen-bond acceptors (Lipinski definition) is 18. The highest BCUT2D eigenvalue weighted by atomic mass is 16.5. The van der Waals surface area contributed by atoms with Gasteiger partial charge in [0.05, 0.1) is 32.9 Å². The van der Waals surface area contributed by atoms with Crippen LogP contribution in [-0.4, -0.2) is 183 Å². The van der Waals surface area contributed by atoms with Crippen molar-refractivity contribution in [3.63, 3.8) is 0 Å². The molecule has 8 amide bonds. The molecule has 1 aromatic rings. The molecule has 2 rings (SSSR count). The number of carbonyl (C=O) groups is 9. The van der Waals surface area contributed by atoms with Crippen molar-refractivity contribution in [3.05, 3.63) is 35.5 Å². The van der Waals surface area contributed by atoms with Crippen LogP contribution in [0.25, 0.3) is 0 Å². The van der Waals surface area contributed by atoms with Gasteiger partial charge < -0.3 is 102 Å². The quantitative estimate of drug-likeness (QED) is 0.0129. The molecule has 1 aliphatic rings. The molecular weight excluding hydrogens is 1010 g/mol. The molecule has 77 heavy (non-hydrogen) atoms. The number of amides is 8. The van der Waals surface area contributed by atoms with Crippen LogP contribution in [0.15, 0.2) is 30.0 Å². The molecular formula is C48H82N16O13. The van der Waals surface area contributed by atoms with E-state index in [-0.39, 0.29) is 77.1 Å². The average molecular weight is 1090 g/mol. The molecule has 0 unspecified atom stereocenters. The summed E-state index contributed by atoms with van der Waals surface area (Å²) in [7, 11) is 2.85. The van der Waals surface area contributed by atoms with Crippen molar-refractivity contribution in [2.45, 2.75) is 132 Å². The van der Waals surface area contributed by atoms with Crippen LogP contribution in [0.2, 0.25) is 0 Å². The van der Waals surface area contributed by atoms with Crippen LogP contribution >= 0.6 is 0 Å². The molecule has 29 heteroatoms. The largest absolute Gasteiger partial charge is 0.493 e. The third-order valence-corrected chi connectivity index (χ3v) is 12.3. The number of guanidine groups is 1. The number of aliphatic hydroxyl groups is 1. The molecule has 8 atom stereocenters. The van der Waals surface area contributed by atoms with Crippen LogP contribution in [0, 0.1) is 5.41 Å². The van der Waals surface area contributed by atoms with Gasteiger partial charge in [-0.15, -0.1) is 0 Å². The lowest BCUT2D eigenvalue weighted by Crippen LogP contribution is -2.60. The van der Waals surface area contributed by atoms with Gasteiger partial charge in [-0.05, 0) is 108 Å². The Morgan fingerprint density at radius 3 is 2.03 bits per heavy atom. The van der Waals surface area contributed by atoms with Crippen LogP contribution < -0.4 is 86.4 Å². The van der Waals surface area contributed by atoms with Crippen LogP contribution in [0.4, 0.5) is 0 Å². The zero-order valence-electron chi connectivity index (χ0n) is 44.2. The van der Waals surface area contributed by atoms with E-state index >= 15 is 0 Å². The number of methoxy groups -OCH3 is 2. The van der Waals surface area contributed by atoms with E-state index in [0.29, 0.717) is 55.7 Å². The Morgan fingerprint density at radius 2 is 1.42 bits per heavy atom. The molecule has 0 saturated carbocycles. The van der Waals surface area contributed by atoms with E-state index in [2.05, 4.69) is 42.5 Å². The molecule has 0 spiro atoms. The summed E-state index contributed by atoms with van der Waals surface area (Å²) in [5.74, 6) is -7.55. The molecule has 0 bridgehead atoms. The molecule has 23 N–H and O–H groups in total. The predicted molar refractivity (Wildman–Crippen MR) is 282 cm³/mol. The monoisotopic (exact) mass is 1090 g/mol. The van der Waals surface area contributed by atoms with Crippen molar-refractivity contribution >= 4 is 59.2 Å². The topological polar surface area (TPSA) is 492 Å². The predicted octanol–water partition coefficient (Wildman–Crippen LogP) is -5.60. The maximum atomic E-state index is 14.4. The molecule has 0 aliphatic carbocycles. The van der Waals surface area contributed by atoms with E-state index in [1.54, 1.807) is 18.2 Å². The Labute approximate surface area is 447 Å². The number of nitrogens with zero attached hydrogens (tertiary/aromatic N) is 1. The van der Waals surface area contributed by atoms with Crippen LogP contribution in [0.5, 0.6) is 11.5 Å². The maximum Gasteiger partial charge on any atom is 0.352 e. The van der Waals surface area contributed by atoms with Gasteiger partial charge in [0.25, 0.3) is 0 Å². The number of rotatable bonds is 36. The Balaban J connectivity index is 2.32. The minimum absolute atomic E-state index is 0.0267. The molecule has 1 aliphatic heterocycles. The minimum atomic E-state index is -1.57. The summed E-state index contributed by atoms with van der Waals surface area (Å²) in [6.45, 7) is 1.17. The molecule has 29 nitrogen and oxygen atoms in total. The second-order valence-electron chi connectivity index (χ2n) is 18.2. The zero-order chi connectivity index (χ0) is 57.6. The number of nitrogens with two attached hydrogens (primary N) is 6. The first-order chi connectivity index (χ1) is 36.7. The van der Waals surface area contributed by atoms with Gasteiger partial charge in [0.2, 0.25) is 47.3 Å². The van der Waals surface area contributed by atoms with Crippen LogP contribution in [-0.2, 0) is 49.6 Å². The first-order valence-corrected chi connectivity index (χ1v) is 25.5. The van der Waals surface area contributed by atoms with Crippen molar-refractivity contribution in [1.29, 1.82) is 5.41 Å². The summed E-state index contributed by atoms with van der Waals surface area (Å²) in [6.07, 6.45) is 2.63. The summed E-state index contributed by atoms with van der Waals surface area (Å²) >= 11 is 0. The maximum absolute atomic E-state index is 14.4. The van der Waals surface area contributed by atoms with Crippen molar-refractivity contribution in [2.75, 3.05) is 60.0 Å². The van der Waals surface area contributed by atoms with Gasteiger partial charge in [-0.25, -0.2) is 4.79 Å². The van der Waals surface area contributed by atoms with Gasteiger partial charge in [0.1, 0.15) is 41.9 Å². The fraction of sp³-hybridized carbons (Fsp3) is 0.625. The SMILES string of the molecule is COc1ccc(C[C@H](NC(=O)[C@@H]2CCCN2C(=O)[C@@H](CCCN)NC(=O)CNC(=O)[C@H](C)NC(=O)[C@@H](NC(=O)[C@@H](N)CCCCN)[C@@H](O)CN)C(=O)N[C@@H](CCCCN)C(=O)N/C(=C\CCNC(=N)N)C(=O)O)cc1OC. The fourth-order valence-electron chi connectivity index (χ4n) is 7.98. The van der Waals surface area contributed by atoms with Gasteiger partial charge in [-0.1, -0.05) is 18.6 Å². The van der Waals surface area contributed by atoms with Gasteiger partial charge in [0, 0.05) is 26.1 Å². The Bertz CT molecular complexity index is 2190. The Kier molecular flexibility index (Phi) is 30.1. The molecule has 1 heterocycles. The van der Waals surface area contributed by atoms with E-state index < -0.39 is 120 Å². The summed E-state index contributed by atoms with van der Waals surface area (Å²) in [5, 5.41) is 47.6. The third-order valence-electron chi connectivity index (χ3n) is 12.3. The standard InChI is InChI=1S/C48H82N16O13/c1-27(58-45(72)39(35(65)25-52)63-41(68)29(53)11-4-6-18-49)40(67)57-26-38(66)59-31(13-8-20-51)46(73)64-22-10-15-34(64)44(71)62-33(23-28-16-17-36(76-2)37(24-28)77-3)43(70)60-30(12-5-7-19-50)42(69)61-32(47(74)75)14-9-21-56-48(54)55/h14,16-17,24,27,29-31,33-35,39,65H,4-13,15,18-23,25-26,49-53H2,1-3H3,(H,57,67)(H,58,72)(H,59,66)(H,60,70)(H,61,69)(H,62,71)(H,63,68)(H,74,75)(H4,54,55,56)/b32-14-/t27-,29-,30-,31+,33-,34-,35-,39-/m0/s1. The Morgan fingerprint density at radius 1 is 0.766 bits per heavy atom. The highest BCUT2D eigenvalue weighted by Gasteiger charge is 2.40. The van der Waals surface area contributed by atoms with E-state index in [0.717, 1.165) is 0 Å². The fourth-order valence-corrected chi connectivity index (χ4v) is 7.98. The van der Waals surface area contributed by atoms with Gasteiger partial charge in [-0.3, -0.25) is 43.8 Å². The number of carboxylic acids is 1. The minimum Gasteiger partial charge on any atom is -0.493 e. The van der Waals surface area contributed by atoms with Crippen molar-refractivity contribution < 1.29 is 62.8 Å². The molecule has 1 aromatic carbocycles. The molecule has 1 fully saturated rings. The van der Waals surface area contributed by atoms with Gasteiger partial charge in [-0.2, -0.15) is 0 Å². The van der Waals surface area contributed by atoms with Gasteiger partial charge in [0.15, 0.2) is 17.5 Å². The van der Waals surface area contributed by atoms with E-state index in [4.69, 9.17) is 49.3 Å².